The number of halogens is 18. The molecule has 0 heterocycles. The Morgan fingerprint density at radius 2 is 1.06 bits per heavy atom. The summed E-state index contributed by atoms with van der Waals surface area (Å²) in [5, 5.41) is 0. The van der Waals surface area contributed by atoms with E-state index >= 15 is 0 Å². The molecule has 0 radical (unpaired) electrons. The monoisotopic (exact) mass is 578 g/mol. The van der Waals surface area contributed by atoms with E-state index in [1.807, 2.05) is 0 Å². The molecule has 0 aromatic rings. The fourth-order valence-corrected chi connectivity index (χ4v) is 2.11. The second-order valence-electron chi connectivity index (χ2n) is 7.16. The number of alkyl halides is 18. The summed E-state index contributed by atoms with van der Waals surface area (Å²) in [4.78, 5) is 10.8. The fraction of sp³-hybridized carbons (Fsp3) is 0.812. The summed E-state index contributed by atoms with van der Waals surface area (Å²) in [7, 11) is 0. The lowest BCUT2D eigenvalue weighted by molar-refractivity contribution is -0.462. The van der Waals surface area contributed by atoms with Gasteiger partial charge in [-0.1, -0.05) is 6.58 Å². The maximum atomic E-state index is 13.6. The minimum absolute atomic E-state index is 0.405. The Bertz CT molecular complexity index is 812. The number of rotatable bonds is 12. The molecule has 0 saturated carbocycles. The highest BCUT2D eigenvalue weighted by Gasteiger charge is 2.94. The largest absolute Gasteiger partial charge is 0.473 e. The van der Waals surface area contributed by atoms with Crippen molar-refractivity contribution in [1.82, 2.24) is 0 Å². The number of carbonyl (C=O) groups excluding carboxylic acids is 1. The summed E-state index contributed by atoms with van der Waals surface area (Å²) < 4.78 is 241. The van der Waals surface area contributed by atoms with Gasteiger partial charge in [-0.15, -0.1) is 0 Å². The summed E-state index contributed by atoms with van der Waals surface area (Å²) in [5.41, 5.74) is -1.28. The third kappa shape index (κ3) is 5.60. The molecule has 0 aromatic heterocycles. The Balaban J connectivity index is 6.42. The van der Waals surface area contributed by atoms with Gasteiger partial charge >= 0.3 is 53.8 Å². The average Bonchev–Trinajstić information content (AvgIpc) is 2.65. The molecular weight excluding hydrogens is 566 g/mol. The zero-order valence-corrected chi connectivity index (χ0v) is 17.0. The van der Waals surface area contributed by atoms with Gasteiger partial charge in [-0.05, 0) is 19.8 Å². The third-order valence-corrected chi connectivity index (χ3v) is 4.24. The van der Waals surface area contributed by atoms with Crippen molar-refractivity contribution in [2.75, 3.05) is 0 Å². The van der Waals surface area contributed by atoms with Crippen LogP contribution in [0.3, 0.4) is 0 Å². The van der Waals surface area contributed by atoms with Crippen LogP contribution in [0.15, 0.2) is 12.2 Å². The van der Waals surface area contributed by atoms with E-state index in [0.29, 0.717) is 6.92 Å². The number of esters is 1. The maximum Gasteiger partial charge on any atom is 0.473 e. The van der Waals surface area contributed by atoms with Gasteiger partial charge in [0, 0.05) is 12.0 Å². The quantitative estimate of drug-likeness (QED) is 0.136. The first-order valence-corrected chi connectivity index (χ1v) is 8.70. The molecule has 1 unspecified atom stereocenters. The third-order valence-electron chi connectivity index (χ3n) is 4.24. The van der Waals surface area contributed by atoms with Crippen LogP contribution in [0, 0.1) is 0 Å². The van der Waals surface area contributed by atoms with Gasteiger partial charge in [-0.25, -0.2) is 9.18 Å². The minimum atomic E-state index is -8.57. The molecule has 36 heavy (non-hydrogen) atoms. The lowest BCUT2D eigenvalue weighted by atomic mass is 9.88. The van der Waals surface area contributed by atoms with Crippen molar-refractivity contribution in [1.29, 1.82) is 0 Å². The summed E-state index contributed by atoms with van der Waals surface area (Å²) >= 11 is 0. The number of ether oxygens (including phenoxy) is 1. The van der Waals surface area contributed by atoms with Crippen LogP contribution in [0.2, 0.25) is 0 Å². The van der Waals surface area contributed by atoms with Gasteiger partial charge in [-0.3, -0.25) is 0 Å². The van der Waals surface area contributed by atoms with Crippen LogP contribution < -0.4 is 0 Å². The van der Waals surface area contributed by atoms with Crippen molar-refractivity contribution >= 4 is 5.97 Å². The molecule has 0 aliphatic carbocycles. The summed E-state index contributed by atoms with van der Waals surface area (Å²) in [5.74, 6) is -51.5. The van der Waals surface area contributed by atoms with Gasteiger partial charge in [0.25, 0.3) is 0 Å². The molecule has 0 aliphatic heterocycles. The van der Waals surface area contributed by atoms with Crippen LogP contribution in [0.1, 0.15) is 26.2 Å². The molecule has 0 rings (SSSR count). The van der Waals surface area contributed by atoms with Crippen LogP contribution in [0.25, 0.3) is 0 Å². The molecule has 1 atom stereocenters. The number of hydrogen-bond acceptors (Lipinski definition) is 2. The lowest BCUT2D eigenvalue weighted by Gasteiger charge is -2.42. The van der Waals surface area contributed by atoms with Gasteiger partial charge in [-0.2, -0.15) is 74.6 Å². The smallest absolute Gasteiger partial charge is 0.393 e. The van der Waals surface area contributed by atoms with Crippen molar-refractivity contribution in [2.24, 2.45) is 0 Å². The predicted octanol–water partition coefficient (Wildman–Crippen LogP) is 7.58. The Morgan fingerprint density at radius 1 is 0.694 bits per heavy atom. The summed E-state index contributed by atoms with van der Waals surface area (Å²) in [6.07, 6.45) is -23.7. The van der Waals surface area contributed by atoms with Crippen molar-refractivity contribution in [2.45, 2.75) is 80.2 Å². The molecule has 0 N–H and O–H groups in total. The molecule has 214 valence electrons. The standard InChI is InChI=1S/C16H12F18O2/c1-6(2)8(35)36-16(33,34)15(31,32)14(29,30)13(27,28)12(25,26)11(23,24)10(21,22)7(17)4-3-5-9(18,19)20/h7H,1,3-5H2,2H3. The van der Waals surface area contributed by atoms with Gasteiger partial charge < -0.3 is 4.74 Å². The summed E-state index contributed by atoms with van der Waals surface area (Å²) in [6.45, 7) is 2.90. The SMILES string of the molecule is C=C(C)C(=O)OC(F)(F)C(F)(F)C(F)(F)C(F)(F)C(F)(F)C(F)(F)C(F)(F)C(F)CCCC(F)(F)F. The molecule has 0 amide bonds. The second kappa shape index (κ2) is 9.68. The molecule has 2 nitrogen and oxygen atoms in total. The molecule has 20 heteroatoms. The Hall–Kier alpha value is -2.05. The highest BCUT2D eigenvalue weighted by molar-refractivity contribution is 5.87. The van der Waals surface area contributed by atoms with Crippen molar-refractivity contribution in [3.8, 4) is 0 Å². The van der Waals surface area contributed by atoms with Crippen LogP contribution in [0.5, 0.6) is 0 Å². The molecule has 0 saturated heterocycles. The Kier molecular flexibility index (Phi) is 9.13. The van der Waals surface area contributed by atoms with Crippen molar-refractivity contribution in [3.05, 3.63) is 12.2 Å². The van der Waals surface area contributed by atoms with Crippen molar-refractivity contribution in [3.63, 3.8) is 0 Å². The van der Waals surface area contributed by atoms with Gasteiger partial charge in [0.05, 0.1) is 0 Å². The van der Waals surface area contributed by atoms with Crippen LogP contribution in [-0.2, 0) is 9.53 Å². The molecule has 0 aliphatic rings. The number of carbonyl (C=O) groups is 1. The first-order valence-electron chi connectivity index (χ1n) is 8.70. The summed E-state index contributed by atoms with van der Waals surface area (Å²) in [6, 6.07) is 0. The molecule has 0 aromatic carbocycles. The van der Waals surface area contributed by atoms with Crippen LogP contribution in [-0.4, -0.2) is 60.0 Å². The molecule has 0 spiro atoms. The topological polar surface area (TPSA) is 26.3 Å². The van der Waals surface area contributed by atoms with E-state index in [4.69, 9.17) is 0 Å². The Labute approximate surface area is 188 Å². The number of hydrogen-bond donors (Lipinski definition) is 0. The van der Waals surface area contributed by atoms with E-state index in [0.717, 1.165) is 0 Å². The van der Waals surface area contributed by atoms with E-state index in [1.165, 1.54) is 0 Å². The van der Waals surface area contributed by atoms with Crippen LogP contribution in [0.4, 0.5) is 79.0 Å². The molecule has 0 bridgehead atoms. The second-order valence-corrected chi connectivity index (χ2v) is 7.16. The lowest BCUT2D eigenvalue weighted by Crippen LogP contribution is -2.74. The van der Waals surface area contributed by atoms with E-state index in [9.17, 15) is 83.8 Å². The van der Waals surface area contributed by atoms with E-state index in [-0.39, 0.29) is 0 Å². The predicted molar refractivity (Wildman–Crippen MR) is 80.3 cm³/mol. The van der Waals surface area contributed by atoms with E-state index in [2.05, 4.69) is 11.3 Å². The van der Waals surface area contributed by atoms with Crippen molar-refractivity contribution < 1.29 is 88.6 Å². The van der Waals surface area contributed by atoms with E-state index in [1.54, 1.807) is 0 Å². The Morgan fingerprint density at radius 3 is 1.42 bits per heavy atom. The average molecular weight is 578 g/mol. The zero-order valence-electron chi connectivity index (χ0n) is 17.0. The highest BCUT2D eigenvalue weighted by Crippen LogP contribution is 2.63. The molecule has 0 fully saturated rings. The maximum absolute atomic E-state index is 13.6. The van der Waals surface area contributed by atoms with Gasteiger partial charge in [0.2, 0.25) is 0 Å². The normalized spacial score (nSPS) is 16.1. The minimum Gasteiger partial charge on any atom is -0.393 e. The first kappa shape index (κ1) is 33.9. The molecular formula is C16H12F18O2. The fourth-order valence-electron chi connectivity index (χ4n) is 2.11. The van der Waals surface area contributed by atoms with Crippen LogP contribution >= 0.6 is 0 Å². The van der Waals surface area contributed by atoms with Gasteiger partial charge in [0.1, 0.15) is 0 Å². The highest BCUT2D eigenvalue weighted by atomic mass is 19.4. The van der Waals surface area contributed by atoms with Gasteiger partial charge in [0.15, 0.2) is 6.17 Å². The first-order chi connectivity index (χ1) is 15.5. The zero-order chi connectivity index (χ0) is 29.6. The van der Waals surface area contributed by atoms with E-state index < -0.39 is 84.8 Å².